The molecule has 1 fully saturated rings. The molecule has 1 saturated carbocycles. The van der Waals surface area contributed by atoms with Crippen molar-refractivity contribution in [2.75, 3.05) is 31.4 Å². The van der Waals surface area contributed by atoms with Crippen molar-refractivity contribution in [3.63, 3.8) is 0 Å². The van der Waals surface area contributed by atoms with Crippen LogP contribution in [0.25, 0.3) is 10.9 Å². The summed E-state index contributed by atoms with van der Waals surface area (Å²) in [6.45, 7) is 10.4. The van der Waals surface area contributed by atoms with E-state index < -0.39 is 5.41 Å². The van der Waals surface area contributed by atoms with Crippen LogP contribution >= 0.6 is 0 Å². The summed E-state index contributed by atoms with van der Waals surface area (Å²) < 4.78 is 12.0. The molecule has 2 heterocycles. The number of hydrogen-bond donors (Lipinski definition) is 2. The number of esters is 1. The van der Waals surface area contributed by atoms with Crippen molar-refractivity contribution in [1.29, 1.82) is 0 Å². The summed E-state index contributed by atoms with van der Waals surface area (Å²) in [6, 6.07) is 18.9. The molecule has 0 bridgehead atoms. The molecule has 44 heavy (non-hydrogen) atoms. The van der Waals surface area contributed by atoms with Gasteiger partial charge in [0.25, 0.3) is 0 Å². The van der Waals surface area contributed by atoms with Crippen LogP contribution in [-0.4, -0.2) is 42.2 Å². The number of ether oxygens (including phenoxy) is 2. The highest BCUT2D eigenvalue weighted by Crippen LogP contribution is 2.47. The maximum absolute atomic E-state index is 13.3. The average Bonchev–Trinajstić information content (AvgIpc) is 3.77. The van der Waals surface area contributed by atoms with E-state index in [-0.39, 0.29) is 17.5 Å². The molecule has 0 saturated heterocycles. The maximum Gasteiger partial charge on any atom is 0.312 e. The molecule has 1 aliphatic heterocycles. The van der Waals surface area contributed by atoms with Crippen LogP contribution in [0.2, 0.25) is 0 Å². The Morgan fingerprint density at radius 2 is 1.93 bits per heavy atom. The SMILES string of the molecule is COC(=O)C(C)(C)C(c1ccc(C)c(CN2Cc3cc4ncccc4cc3OC3(CC3)C2)c1)c1ccc(N(C)N)c(N)c1C. The van der Waals surface area contributed by atoms with Gasteiger partial charge in [-0.25, -0.2) is 5.84 Å². The predicted octanol–water partition coefficient (Wildman–Crippen LogP) is 6.00. The van der Waals surface area contributed by atoms with Crippen LogP contribution in [0.1, 0.15) is 66.0 Å². The number of carbonyl (C=O) groups is 1. The second-order valence-corrected chi connectivity index (χ2v) is 13.2. The van der Waals surface area contributed by atoms with E-state index in [0.29, 0.717) is 5.69 Å². The molecule has 3 aromatic carbocycles. The Balaban J connectivity index is 1.39. The van der Waals surface area contributed by atoms with Gasteiger partial charge in [0, 0.05) is 49.7 Å². The Labute approximate surface area is 259 Å². The van der Waals surface area contributed by atoms with Crippen LogP contribution < -0.4 is 21.3 Å². The summed E-state index contributed by atoms with van der Waals surface area (Å²) >= 11 is 0. The first-order chi connectivity index (χ1) is 20.9. The lowest BCUT2D eigenvalue weighted by Crippen LogP contribution is -2.35. The van der Waals surface area contributed by atoms with E-state index in [1.165, 1.54) is 23.2 Å². The number of nitrogen functional groups attached to an aromatic ring is 1. The van der Waals surface area contributed by atoms with Gasteiger partial charge < -0.3 is 20.2 Å². The lowest BCUT2D eigenvalue weighted by Gasteiger charge is -2.35. The van der Waals surface area contributed by atoms with Crippen molar-refractivity contribution in [3.8, 4) is 5.75 Å². The molecule has 0 amide bonds. The highest BCUT2D eigenvalue weighted by molar-refractivity contribution is 5.81. The Bertz CT molecular complexity index is 1740. The fourth-order valence-electron chi connectivity index (χ4n) is 6.84. The van der Waals surface area contributed by atoms with Gasteiger partial charge in [-0.05, 0) is 92.6 Å². The van der Waals surface area contributed by atoms with E-state index in [2.05, 4.69) is 53.2 Å². The van der Waals surface area contributed by atoms with Crippen LogP contribution in [-0.2, 0) is 22.6 Å². The molecular weight excluding hydrogens is 550 g/mol. The highest BCUT2D eigenvalue weighted by Gasteiger charge is 2.48. The molecular formula is C36H43N5O3. The van der Waals surface area contributed by atoms with Gasteiger partial charge in [-0.3, -0.25) is 14.7 Å². The number of fused-ring (bicyclic) bond motifs is 2. The zero-order valence-corrected chi connectivity index (χ0v) is 26.6. The number of nitrogens with zero attached hydrogens (tertiary/aromatic N) is 3. The lowest BCUT2D eigenvalue weighted by molar-refractivity contribution is -0.151. The van der Waals surface area contributed by atoms with Gasteiger partial charge in [0.05, 0.1) is 29.4 Å². The fraction of sp³-hybridized carbons (Fsp3) is 0.389. The number of hydrogen-bond acceptors (Lipinski definition) is 8. The van der Waals surface area contributed by atoms with Gasteiger partial charge in [0.2, 0.25) is 0 Å². The third kappa shape index (κ3) is 5.37. The quantitative estimate of drug-likeness (QED) is 0.116. The average molecular weight is 594 g/mol. The molecule has 4 aromatic rings. The highest BCUT2D eigenvalue weighted by atomic mass is 16.5. The molecule has 0 radical (unpaired) electrons. The number of hydrazine groups is 1. The Morgan fingerprint density at radius 3 is 2.64 bits per heavy atom. The van der Waals surface area contributed by atoms with Gasteiger partial charge in [-0.15, -0.1) is 0 Å². The predicted molar refractivity (Wildman–Crippen MR) is 175 cm³/mol. The van der Waals surface area contributed by atoms with Gasteiger partial charge in [-0.2, -0.15) is 0 Å². The summed E-state index contributed by atoms with van der Waals surface area (Å²) in [6.07, 6.45) is 3.94. The molecule has 230 valence electrons. The molecule has 6 rings (SSSR count). The van der Waals surface area contributed by atoms with Crippen molar-refractivity contribution >= 4 is 28.2 Å². The van der Waals surface area contributed by atoms with Crippen LogP contribution in [0.4, 0.5) is 11.4 Å². The number of aryl methyl sites for hydroxylation is 1. The topological polar surface area (TPSA) is 107 Å². The summed E-state index contributed by atoms with van der Waals surface area (Å²) in [5.41, 5.74) is 14.4. The molecule has 1 spiro atoms. The third-order valence-electron chi connectivity index (χ3n) is 9.58. The maximum atomic E-state index is 13.3. The zero-order valence-electron chi connectivity index (χ0n) is 26.6. The van der Waals surface area contributed by atoms with Crippen LogP contribution in [0.15, 0.2) is 60.8 Å². The number of anilines is 2. The van der Waals surface area contributed by atoms with Gasteiger partial charge in [0.1, 0.15) is 11.4 Å². The Morgan fingerprint density at radius 1 is 1.16 bits per heavy atom. The standard InChI is InChI=1S/C36H43N5O3/c1-22-9-10-25(32(35(3,4)34(42)43-6)28-11-12-30(40(5)38)33(37)23(28)2)16-26(22)19-41-20-27-17-29-24(8-7-15-39-29)18-31(27)44-36(21-41)13-14-36/h7-12,15-18,32H,13-14,19-21,37-38H2,1-6H3. The number of carbonyl (C=O) groups excluding carboxylic acids is 1. The van der Waals surface area contributed by atoms with E-state index in [1.54, 1.807) is 7.05 Å². The fourth-order valence-corrected chi connectivity index (χ4v) is 6.84. The largest absolute Gasteiger partial charge is 0.486 e. The van der Waals surface area contributed by atoms with Gasteiger partial charge in [-0.1, -0.05) is 30.3 Å². The van der Waals surface area contributed by atoms with E-state index in [1.807, 2.05) is 45.2 Å². The summed E-state index contributed by atoms with van der Waals surface area (Å²) in [5, 5.41) is 2.62. The Kier molecular flexibility index (Phi) is 7.54. The minimum atomic E-state index is -0.865. The molecule has 1 aromatic heterocycles. The molecule has 8 heteroatoms. The van der Waals surface area contributed by atoms with E-state index in [4.69, 9.17) is 21.1 Å². The molecule has 4 N–H and O–H groups in total. The van der Waals surface area contributed by atoms with Crippen molar-refractivity contribution in [1.82, 2.24) is 9.88 Å². The van der Waals surface area contributed by atoms with Gasteiger partial charge in [0.15, 0.2) is 0 Å². The van der Waals surface area contributed by atoms with Crippen molar-refractivity contribution in [2.24, 2.45) is 11.3 Å². The summed E-state index contributed by atoms with van der Waals surface area (Å²) in [5.74, 6) is 6.45. The second kappa shape index (κ2) is 11.1. The molecule has 8 nitrogen and oxygen atoms in total. The number of nitrogens with two attached hydrogens (primary N) is 2. The normalized spacial score (nSPS) is 16.6. The number of rotatable bonds is 7. The number of aromatic nitrogens is 1. The van der Waals surface area contributed by atoms with Crippen molar-refractivity contribution < 1.29 is 14.3 Å². The number of methoxy groups -OCH3 is 1. The van der Waals surface area contributed by atoms with Crippen LogP contribution in [0.3, 0.4) is 0 Å². The van der Waals surface area contributed by atoms with Crippen LogP contribution in [0, 0.1) is 19.3 Å². The monoisotopic (exact) mass is 593 g/mol. The third-order valence-corrected chi connectivity index (χ3v) is 9.58. The summed E-state index contributed by atoms with van der Waals surface area (Å²) in [7, 11) is 3.21. The van der Waals surface area contributed by atoms with Crippen molar-refractivity contribution in [2.45, 2.75) is 65.1 Å². The lowest BCUT2D eigenvalue weighted by atomic mass is 9.69. The van der Waals surface area contributed by atoms with Crippen LogP contribution in [0.5, 0.6) is 5.75 Å². The molecule has 1 atom stereocenters. The minimum absolute atomic E-state index is 0.144. The summed E-state index contributed by atoms with van der Waals surface area (Å²) in [4.78, 5) is 20.4. The number of pyridine rings is 1. The molecule has 2 aliphatic rings. The number of benzene rings is 3. The molecule has 1 aliphatic carbocycles. The first-order valence-corrected chi connectivity index (χ1v) is 15.3. The van der Waals surface area contributed by atoms with E-state index >= 15 is 0 Å². The molecule has 1 unspecified atom stereocenters. The minimum Gasteiger partial charge on any atom is -0.486 e. The first-order valence-electron chi connectivity index (χ1n) is 15.3. The smallest absolute Gasteiger partial charge is 0.312 e. The van der Waals surface area contributed by atoms with Gasteiger partial charge >= 0.3 is 5.97 Å². The first kappa shape index (κ1) is 29.9. The Hall–Kier alpha value is -4.14. The second-order valence-electron chi connectivity index (χ2n) is 13.2. The zero-order chi connectivity index (χ0) is 31.4. The van der Waals surface area contributed by atoms with E-state index in [9.17, 15) is 4.79 Å². The van der Waals surface area contributed by atoms with E-state index in [0.717, 1.165) is 77.1 Å². The van der Waals surface area contributed by atoms with Crippen molar-refractivity contribution in [3.05, 3.63) is 94.2 Å².